The van der Waals surface area contributed by atoms with E-state index in [0.29, 0.717) is 17.4 Å². The third kappa shape index (κ3) is 52.3. The number of allylic oxidation sites excluding steroid dienone is 7. The van der Waals surface area contributed by atoms with Crippen molar-refractivity contribution in [3.8, 4) is 0 Å². The van der Waals surface area contributed by atoms with Gasteiger partial charge in [-0.1, -0.05) is 242 Å². The zero-order valence-electron chi connectivity index (χ0n) is 45.6. The van der Waals surface area contributed by atoms with Crippen LogP contribution in [0.3, 0.4) is 0 Å². The maximum Gasteiger partial charge on any atom is 0.472 e. The summed E-state index contributed by atoms with van der Waals surface area (Å²) in [5, 5.41) is 13.9. The molecule has 3 unspecified atom stereocenters. The highest BCUT2D eigenvalue weighted by Gasteiger charge is 2.27. The predicted molar refractivity (Wildman–Crippen MR) is 295 cm³/mol. The van der Waals surface area contributed by atoms with Crippen molar-refractivity contribution in [2.24, 2.45) is 0 Å². The zero-order chi connectivity index (χ0) is 49.9. The van der Waals surface area contributed by atoms with Crippen molar-refractivity contribution < 1.29 is 32.9 Å². The fourth-order valence-electron chi connectivity index (χ4n) is 8.42. The lowest BCUT2D eigenvalue weighted by atomic mass is 10.0. The van der Waals surface area contributed by atoms with E-state index < -0.39 is 20.0 Å². The molecule has 0 spiro atoms. The summed E-state index contributed by atoms with van der Waals surface area (Å²) >= 11 is 0. The summed E-state index contributed by atoms with van der Waals surface area (Å²) in [5.41, 5.74) is 0. The number of carbonyl (C=O) groups is 1. The molecule has 0 aliphatic rings. The SMILES string of the molecule is CCCCCCCCCCCC/C=C\CCCCCCCCCC(=O)NC(COP(=O)(O)OCC[N+](C)(C)C)C(O)/C=C/CC/C=C/CC/C=C/CCCCCCCCCCCCCCCCC. The van der Waals surface area contributed by atoms with E-state index in [4.69, 9.17) is 9.05 Å². The lowest BCUT2D eigenvalue weighted by Gasteiger charge is -2.25. The van der Waals surface area contributed by atoms with E-state index >= 15 is 0 Å². The fraction of sp³-hybridized carbons (Fsp3) is 0.847. The first-order valence-corrected chi connectivity index (χ1v) is 30.5. The van der Waals surface area contributed by atoms with E-state index in [1.54, 1.807) is 6.08 Å². The smallest absolute Gasteiger partial charge is 0.387 e. The number of nitrogens with one attached hydrogen (secondary N) is 1. The van der Waals surface area contributed by atoms with Gasteiger partial charge in [-0.2, -0.15) is 0 Å². The number of rotatable bonds is 53. The number of nitrogens with zero attached hydrogens (tertiary/aromatic N) is 1. The Hall–Kier alpha value is -1.54. The van der Waals surface area contributed by atoms with Gasteiger partial charge in [0.05, 0.1) is 39.9 Å². The summed E-state index contributed by atoms with van der Waals surface area (Å²) in [6.07, 6.45) is 66.5. The van der Waals surface area contributed by atoms with Crippen LogP contribution in [0.4, 0.5) is 0 Å². The summed E-state index contributed by atoms with van der Waals surface area (Å²) < 4.78 is 23.7. The largest absolute Gasteiger partial charge is 0.472 e. The van der Waals surface area contributed by atoms with Gasteiger partial charge in [-0.25, -0.2) is 4.57 Å². The molecule has 9 heteroatoms. The second-order valence-corrected chi connectivity index (χ2v) is 22.4. The van der Waals surface area contributed by atoms with E-state index in [0.717, 1.165) is 44.9 Å². The number of aliphatic hydroxyl groups is 1. The molecule has 400 valence electrons. The van der Waals surface area contributed by atoms with Crippen LogP contribution >= 0.6 is 7.82 Å². The molecule has 3 atom stereocenters. The monoisotopic (exact) mass is 978 g/mol. The number of hydrogen-bond acceptors (Lipinski definition) is 5. The number of unbranched alkanes of at least 4 members (excludes halogenated alkanes) is 34. The second kappa shape index (κ2) is 50.4. The third-order valence-corrected chi connectivity index (χ3v) is 14.0. The van der Waals surface area contributed by atoms with Gasteiger partial charge in [-0.05, 0) is 70.6 Å². The average molecular weight is 979 g/mol. The zero-order valence-corrected chi connectivity index (χ0v) is 46.5. The molecule has 3 N–H and O–H groups in total. The Balaban J connectivity index is 4.30. The van der Waals surface area contributed by atoms with E-state index in [-0.39, 0.29) is 19.1 Å². The Labute approximate surface area is 422 Å². The molecular weight excluding hydrogens is 864 g/mol. The standard InChI is InChI=1S/C59H113N2O6P/c1-6-8-10-12-14-16-18-20-22-24-26-28-29-30-31-33-34-36-38-40-42-44-46-48-50-52-58(62)57(56-67-68(64,65)66-55-54-61(3,4)5)60-59(63)53-51-49-47-45-43-41-39-37-35-32-27-25-23-21-19-17-15-13-11-9-7-2/h32,34-36,42,44,50,52,57-58,62H,6-31,33,37-41,43,45-49,51,53-56H2,1-5H3,(H-,60,63,64,65)/p+1/b35-32-,36-34+,44-42+,52-50+. The van der Waals surface area contributed by atoms with E-state index in [2.05, 4.69) is 55.6 Å². The molecule has 0 radical (unpaired) electrons. The Bertz CT molecular complexity index is 1250. The van der Waals surface area contributed by atoms with Crippen molar-refractivity contribution >= 4 is 13.7 Å². The minimum Gasteiger partial charge on any atom is -0.387 e. The van der Waals surface area contributed by atoms with Gasteiger partial charge in [0.25, 0.3) is 0 Å². The van der Waals surface area contributed by atoms with E-state index in [9.17, 15) is 19.4 Å². The Morgan fingerprint density at radius 2 is 0.809 bits per heavy atom. The van der Waals surface area contributed by atoms with E-state index in [1.165, 1.54) is 205 Å². The van der Waals surface area contributed by atoms with Gasteiger partial charge in [0.2, 0.25) is 5.91 Å². The summed E-state index contributed by atoms with van der Waals surface area (Å²) in [7, 11) is 1.55. The minimum absolute atomic E-state index is 0.0522. The number of phosphoric ester groups is 1. The van der Waals surface area contributed by atoms with Crippen LogP contribution in [0.25, 0.3) is 0 Å². The Kier molecular flexibility index (Phi) is 49.3. The molecule has 0 bridgehead atoms. The van der Waals surface area contributed by atoms with Gasteiger partial charge in [0.1, 0.15) is 13.2 Å². The average Bonchev–Trinajstić information content (AvgIpc) is 3.30. The van der Waals surface area contributed by atoms with Gasteiger partial charge < -0.3 is 19.8 Å². The lowest BCUT2D eigenvalue weighted by Crippen LogP contribution is -2.45. The van der Waals surface area contributed by atoms with Crippen LogP contribution in [0, 0.1) is 0 Å². The number of likely N-dealkylation sites (N-methyl/N-ethyl adjacent to an activating group) is 1. The number of carbonyl (C=O) groups excluding carboxylic acids is 1. The van der Waals surface area contributed by atoms with Gasteiger partial charge in [-0.3, -0.25) is 13.8 Å². The Morgan fingerprint density at radius 3 is 1.18 bits per heavy atom. The van der Waals surface area contributed by atoms with E-state index in [1.807, 2.05) is 27.2 Å². The topological polar surface area (TPSA) is 105 Å². The molecule has 0 aromatic carbocycles. The molecule has 0 aromatic heterocycles. The van der Waals surface area contributed by atoms with Crippen LogP contribution in [-0.4, -0.2) is 73.4 Å². The van der Waals surface area contributed by atoms with Gasteiger partial charge >= 0.3 is 7.82 Å². The first kappa shape index (κ1) is 66.5. The predicted octanol–water partition coefficient (Wildman–Crippen LogP) is 17.5. The summed E-state index contributed by atoms with van der Waals surface area (Å²) in [6.45, 7) is 4.81. The normalized spacial score (nSPS) is 14.3. The van der Waals surface area contributed by atoms with Crippen LogP contribution in [0.1, 0.15) is 271 Å². The molecule has 0 saturated heterocycles. The quantitative estimate of drug-likeness (QED) is 0.0243. The van der Waals surface area contributed by atoms with Gasteiger partial charge in [0, 0.05) is 6.42 Å². The maximum absolute atomic E-state index is 13.0. The summed E-state index contributed by atoms with van der Waals surface area (Å²) in [4.78, 5) is 23.3. The summed E-state index contributed by atoms with van der Waals surface area (Å²) in [5.74, 6) is -0.193. The molecule has 0 heterocycles. The number of phosphoric acid groups is 1. The molecule has 0 aliphatic heterocycles. The van der Waals surface area contributed by atoms with Crippen LogP contribution in [0.2, 0.25) is 0 Å². The molecule has 0 fully saturated rings. The lowest BCUT2D eigenvalue weighted by molar-refractivity contribution is -0.870. The molecular formula is C59H114N2O6P+. The first-order valence-electron chi connectivity index (χ1n) is 29.0. The summed E-state index contributed by atoms with van der Waals surface area (Å²) in [6, 6.07) is -0.873. The molecule has 0 rings (SSSR count). The molecule has 1 amide bonds. The van der Waals surface area contributed by atoms with Crippen molar-refractivity contribution in [1.82, 2.24) is 5.32 Å². The highest BCUT2D eigenvalue weighted by molar-refractivity contribution is 7.47. The third-order valence-electron chi connectivity index (χ3n) is 13.0. The minimum atomic E-state index is -4.36. The van der Waals surface area contributed by atoms with Gasteiger partial charge in [-0.15, -0.1) is 0 Å². The van der Waals surface area contributed by atoms with Crippen molar-refractivity contribution in [2.75, 3.05) is 40.9 Å². The first-order chi connectivity index (χ1) is 33.0. The molecule has 0 aliphatic carbocycles. The van der Waals surface area contributed by atoms with Crippen molar-refractivity contribution in [3.63, 3.8) is 0 Å². The number of amides is 1. The molecule has 0 saturated carbocycles. The van der Waals surface area contributed by atoms with Crippen LogP contribution in [0.15, 0.2) is 48.6 Å². The molecule has 68 heavy (non-hydrogen) atoms. The maximum atomic E-state index is 13.0. The van der Waals surface area contributed by atoms with Crippen molar-refractivity contribution in [3.05, 3.63) is 48.6 Å². The second-order valence-electron chi connectivity index (χ2n) is 21.0. The number of aliphatic hydroxyl groups excluding tert-OH is 1. The van der Waals surface area contributed by atoms with Crippen molar-refractivity contribution in [1.29, 1.82) is 0 Å². The van der Waals surface area contributed by atoms with Crippen LogP contribution < -0.4 is 5.32 Å². The number of hydrogen-bond donors (Lipinski definition) is 3. The van der Waals surface area contributed by atoms with Crippen LogP contribution in [-0.2, 0) is 18.4 Å². The fourth-order valence-corrected chi connectivity index (χ4v) is 9.16. The highest BCUT2D eigenvalue weighted by atomic mass is 31.2. The molecule has 0 aromatic rings. The van der Waals surface area contributed by atoms with Crippen molar-refractivity contribution in [2.45, 2.75) is 283 Å². The molecule has 8 nitrogen and oxygen atoms in total. The van der Waals surface area contributed by atoms with Crippen LogP contribution in [0.5, 0.6) is 0 Å². The Morgan fingerprint density at radius 1 is 0.485 bits per heavy atom. The highest BCUT2D eigenvalue weighted by Crippen LogP contribution is 2.43. The number of quaternary nitrogens is 1. The van der Waals surface area contributed by atoms with Gasteiger partial charge in [0.15, 0.2) is 0 Å².